The molecule has 13 aromatic carbocycles. The summed E-state index contributed by atoms with van der Waals surface area (Å²) in [5.74, 6) is 0. The Hall–Kier alpha value is -10.5. The molecule has 0 N–H and O–H groups in total. The molecule has 0 bridgehead atoms. The molecule has 13 aromatic rings. The number of rotatable bonds is 12. The highest BCUT2D eigenvalue weighted by Crippen LogP contribution is 2.60. The Morgan fingerprint density at radius 1 is 0.183 bits per heavy atom. The van der Waals surface area contributed by atoms with Crippen molar-refractivity contribution in [2.45, 2.75) is 10.8 Å². The highest BCUT2D eigenvalue weighted by Gasteiger charge is 2.49. The van der Waals surface area contributed by atoms with E-state index in [9.17, 15) is 0 Å². The first-order valence-electron chi connectivity index (χ1n) is 28.4. The summed E-state index contributed by atoms with van der Waals surface area (Å²) >= 11 is 0. The monoisotopic (exact) mass is 1040 g/mol. The van der Waals surface area contributed by atoms with Crippen LogP contribution in [0.3, 0.4) is 0 Å². The van der Waals surface area contributed by atoms with E-state index in [2.05, 4.69) is 350 Å². The third-order valence-electron chi connectivity index (χ3n) is 17.2. The van der Waals surface area contributed by atoms with Crippen molar-refractivity contribution in [2.75, 3.05) is 9.80 Å². The number of nitrogens with zero attached hydrogens (tertiary/aromatic N) is 2. The quantitative estimate of drug-likeness (QED) is 0.120. The Morgan fingerprint density at radius 2 is 0.500 bits per heavy atom. The maximum absolute atomic E-state index is 2.48. The highest BCUT2D eigenvalue weighted by molar-refractivity contribution is 5.94. The molecule has 0 amide bonds. The summed E-state index contributed by atoms with van der Waals surface area (Å²) in [7, 11) is 0. The van der Waals surface area contributed by atoms with Gasteiger partial charge in [0.15, 0.2) is 0 Å². The molecule has 0 saturated carbocycles. The molecule has 0 atom stereocenters. The minimum Gasteiger partial charge on any atom is -0.310 e. The van der Waals surface area contributed by atoms with Gasteiger partial charge in [-0.3, -0.25) is 0 Å². The van der Waals surface area contributed by atoms with Crippen LogP contribution in [0.4, 0.5) is 34.1 Å². The number of para-hydroxylation sites is 2. The molecular weight excluding hydrogens is 989 g/mol. The van der Waals surface area contributed by atoms with Crippen LogP contribution in [0, 0.1) is 0 Å². The average molecular weight is 1050 g/mol. The largest absolute Gasteiger partial charge is 0.310 e. The van der Waals surface area contributed by atoms with Gasteiger partial charge < -0.3 is 9.80 Å². The van der Waals surface area contributed by atoms with Gasteiger partial charge in [0.25, 0.3) is 0 Å². The summed E-state index contributed by atoms with van der Waals surface area (Å²) in [6.07, 6.45) is 0. The lowest BCUT2D eigenvalue weighted by molar-refractivity contribution is 0.768. The molecular formula is C80H56N2. The number of hydrogen-bond acceptors (Lipinski definition) is 2. The van der Waals surface area contributed by atoms with Crippen LogP contribution in [-0.2, 0) is 10.8 Å². The number of hydrogen-bond donors (Lipinski definition) is 0. The zero-order chi connectivity index (χ0) is 54.5. The third-order valence-corrected chi connectivity index (χ3v) is 17.2. The van der Waals surface area contributed by atoms with E-state index in [-0.39, 0.29) is 0 Å². The molecule has 2 nitrogen and oxygen atoms in total. The van der Waals surface area contributed by atoms with E-state index in [0.29, 0.717) is 0 Å². The lowest BCUT2D eigenvalue weighted by atomic mass is 9.67. The fraction of sp³-hybridized carbons (Fsp3) is 0.0250. The highest BCUT2D eigenvalue weighted by atomic mass is 15.2. The Bertz CT molecular complexity index is 4340. The van der Waals surface area contributed by atoms with Gasteiger partial charge in [-0.15, -0.1) is 0 Å². The molecule has 386 valence electrons. The number of anilines is 6. The summed E-state index contributed by atoms with van der Waals surface area (Å²) < 4.78 is 0. The normalized spacial score (nSPS) is 13.1. The van der Waals surface area contributed by atoms with Gasteiger partial charge in [0, 0.05) is 28.3 Å². The fourth-order valence-electron chi connectivity index (χ4n) is 13.8. The van der Waals surface area contributed by atoms with Crippen LogP contribution in [0.5, 0.6) is 0 Å². The average Bonchev–Trinajstić information content (AvgIpc) is 2.95. The third kappa shape index (κ3) is 7.71. The molecule has 0 fully saturated rings. The Kier molecular flexibility index (Phi) is 12.0. The molecule has 2 aliphatic rings. The van der Waals surface area contributed by atoms with Crippen molar-refractivity contribution in [3.8, 4) is 44.5 Å². The van der Waals surface area contributed by atoms with Crippen LogP contribution in [0.2, 0.25) is 0 Å². The number of benzene rings is 13. The van der Waals surface area contributed by atoms with Gasteiger partial charge in [-0.25, -0.2) is 0 Å². The summed E-state index contributed by atoms with van der Waals surface area (Å²) in [4.78, 5) is 4.95. The van der Waals surface area contributed by atoms with Gasteiger partial charge in [-0.1, -0.05) is 279 Å². The summed E-state index contributed by atoms with van der Waals surface area (Å²) in [5.41, 5.74) is 24.9. The zero-order valence-corrected chi connectivity index (χ0v) is 45.2. The molecule has 0 aromatic heterocycles. The maximum Gasteiger partial charge on any atom is 0.0733 e. The minimum atomic E-state index is -0.632. The van der Waals surface area contributed by atoms with Crippen molar-refractivity contribution in [1.82, 2.24) is 0 Å². The first-order chi connectivity index (χ1) is 40.7. The molecule has 15 rings (SSSR count). The van der Waals surface area contributed by atoms with Crippen molar-refractivity contribution < 1.29 is 0 Å². The van der Waals surface area contributed by atoms with Crippen LogP contribution in [-0.4, -0.2) is 0 Å². The van der Waals surface area contributed by atoms with Crippen LogP contribution >= 0.6 is 0 Å². The topological polar surface area (TPSA) is 6.48 Å². The second-order valence-electron chi connectivity index (χ2n) is 21.5. The zero-order valence-electron chi connectivity index (χ0n) is 45.2. The molecule has 82 heavy (non-hydrogen) atoms. The Morgan fingerprint density at radius 3 is 1.00 bits per heavy atom. The van der Waals surface area contributed by atoms with Crippen molar-refractivity contribution in [1.29, 1.82) is 0 Å². The molecule has 2 aliphatic carbocycles. The molecule has 0 aliphatic heterocycles. The lowest BCUT2D eigenvalue weighted by Gasteiger charge is -2.38. The van der Waals surface area contributed by atoms with Crippen LogP contribution in [0.1, 0.15) is 44.5 Å². The van der Waals surface area contributed by atoms with Crippen LogP contribution in [0.25, 0.3) is 44.5 Å². The molecule has 2 heteroatoms. The van der Waals surface area contributed by atoms with Gasteiger partial charge in [-0.05, 0) is 144 Å². The Balaban J connectivity index is 0.951. The predicted octanol–water partition coefficient (Wildman–Crippen LogP) is 20.7. The fourth-order valence-corrected chi connectivity index (χ4v) is 13.8. The number of fused-ring (bicyclic) bond motifs is 6. The molecule has 0 spiro atoms. The first kappa shape index (κ1) is 48.6. The molecule has 0 heterocycles. The smallest absolute Gasteiger partial charge is 0.0733 e. The minimum absolute atomic E-state index is 0.569. The predicted molar refractivity (Wildman–Crippen MR) is 341 cm³/mol. The van der Waals surface area contributed by atoms with Crippen molar-refractivity contribution in [3.63, 3.8) is 0 Å². The van der Waals surface area contributed by atoms with Gasteiger partial charge in [0.1, 0.15) is 0 Å². The lowest BCUT2D eigenvalue weighted by Crippen LogP contribution is -2.30. The van der Waals surface area contributed by atoms with E-state index < -0.39 is 10.8 Å². The maximum atomic E-state index is 2.48. The van der Waals surface area contributed by atoms with E-state index in [1.165, 1.54) is 77.9 Å². The summed E-state index contributed by atoms with van der Waals surface area (Å²) in [5, 5.41) is 0. The van der Waals surface area contributed by atoms with Crippen molar-refractivity contribution in [2.24, 2.45) is 0 Å². The van der Waals surface area contributed by atoms with E-state index in [1.54, 1.807) is 0 Å². The van der Waals surface area contributed by atoms with Gasteiger partial charge >= 0.3 is 0 Å². The molecule has 0 saturated heterocycles. The van der Waals surface area contributed by atoms with Gasteiger partial charge in [0.2, 0.25) is 0 Å². The van der Waals surface area contributed by atoms with E-state index in [1.807, 2.05) is 0 Å². The van der Waals surface area contributed by atoms with E-state index in [0.717, 1.165) is 45.3 Å². The van der Waals surface area contributed by atoms with Gasteiger partial charge in [0.05, 0.1) is 22.2 Å². The van der Waals surface area contributed by atoms with E-state index in [4.69, 9.17) is 0 Å². The van der Waals surface area contributed by atoms with E-state index >= 15 is 0 Å². The molecule has 0 unspecified atom stereocenters. The van der Waals surface area contributed by atoms with Gasteiger partial charge in [-0.2, -0.15) is 0 Å². The van der Waals surface area contributed by atoms with Crippen molar-refractivity contribution in [3.05, 3.63) is 384 Å². The van der Waals surface area contributed by atoms with Crippen LogP contribution in [0.15, 0.2) is 340 Å². The molecule has 0 radical (unpaired) electrons. The van der Waals surface area contributed by atoms with Crippen molar-refractivity contribution >= 4 is 34.1 Å². The first-order valence-corrected chi connectivity index (χ1v) is 28.4. The van der Waals surface area contributed by atoms with Crippen LogP contribution < -0.4 is 9.80 Å². The summed E-state index contributed by atoms with van der Waals surface area (Å²) in [6.45, 7) is 0. The second kappa shape index (κ2) is 20.3. The summed E-state index contributed by atoms with van der Waals surface area (Å²) in [6, 6.07) is 125. The second-order valence-corrected chi connectivity index (χ2v) is 21.5. The SMILES string of the molecule is c1ccc(-c2ccc(N(c3ccc(N(c4ccc5c(c4)C(c4ccccc4)(c4ccccc4)c4ccccc4-5)c4ccccc4-c4ccccc4)cc3)c3ccccc3C3(c4ccccc4)c4ccccc4-c4ccccc43)cc2)cc1. The standard InChI is InChI=1S/C80H56N2/c1-6-26-57(27-7-1)58-46-48-63(49-47-58)81(78-45-25-23-43-75(78)80(62-34-14-5-15-35-62)73-41-21-17-37-68(73)69-38-18-22-42-74(69)80)64-50-52-65(53-51-64)82(77-44-24-19-36-67(77)59-28-8-2-9-29-59)66-54-55-71-70-39-16-20-40-72(70)79(76(71)56-66,60-30-10-3-11-31-60)61-32-12-4-13-33-61/h1-56H. The Labute approximate surface area is 480 Å².